The van der Waals surface area contributed by atoms with Crippen LogP contribution in [-0.2, 0) is 0 Å². The maximum atomic E-state index is 4.24. The van der Waals surface area contributed by atoms with Crippen molar-refractivity contribution in [3.63, 3.8) is 0 Å². The van der Waals surface area contributed by atoms with Crippen LogP contribution < -0.4 is 0 Å². The molecular formula is C22H26N2. The summed E-state index contributed by atoms with van der Waals surface area (Å²) >= 11 is 0. The minimum absolute atomic E-state index is 0.113. The van der Waals surface area contributed by atoms with Crippen molar-refractivity contribution in [2.24, 2.45) is 0 Å². The number of aromatic amines is 1. The van der Waals surface area contributed by atoms with E-state index in [0.29, 0.717) is 0 Å². The summed E-state index contributed by atoms with van der Waals surface area (Å²) in [5.41, 5.74) is 5.84. The zero-order valence-electron chi connectivity index (χ0n) is 14.8. The third-order valence-corrected chi connectivity index (χ3v) is 3.92. The van der Waals surface area contributed by atoms with Gasteiger partial charge in [0.25, 0.3) is 0 Å². The molecular weight excluding hydrogens is 292 g/mol. The molecule has 0 aliphatic rings. The Morgan fingerprint density at radius 1 is 1.29 bits per heavy atom. The van der Waals surface area contributed by atoms with Crippen LogP contribution in [0.15, 0.2) is 90.5 Å². The van der Waals surface area contributed by atoms with Gasteiger partial charge in [0, 0.05) is 11.9 Å². The number of imidazole rings is 1. The number of benzene rings is 1. The van der Waals surface area contributed by atoms with Crippen molar-refractivity contribution < 1.29 is 0 Å². The molecule has 0 saturated carbocycles. The van der Waals surface area contributed by atoms with E-state index in [0.717, 1.165) is 17.7 Å². The molecule has 0 fully saturated rings. The van der Waals surface area contributed by atoms with E-state index in [1.54, 1.807) is 6.33 Å². The lowest BCUT2D eigenvalue weighted by Crippen LogP contribution is -2.08. The topological polar surface area (TPSA) is 28.7 Å². The number of aromatic nitrogens is 2. The Morgan fingerprint density at radius 2 is 2.04 bits per heavy atom. The van der Waals surface area contributed by atoms with E-state index in [1.807, 2.05) is 25.3 Å². The third kappa shape index (κ3) is 4.23. The molecule has 1 aromatic heterocycles. The molecule has 2 aromatic rings. The second-order valence-corrected chi connectivity index (χ2v) is 5.80. The van der Waals surface area contributed by atoms with Crippen molar-refractivity contribution in [3.8, 4) is 0 Å². The van der Waals surface area contributed by atoms with E-state index in [-0.39, 0.29) is 5.92 Å². The Hall–Kier alpha value is -2.61. The highest BCUT2D eigenvalue weighted by atomic mass is 14.9. The van der Waals surface area contributed by atoms with Crippen LogP contribution in [0.25, 0.3) is 0 Å². The Bertz CT molecular complexity index is 732. The quantitative estimate of drug-likeness (QED) is 0.627. The fraction of sp³-hybridized carbons (Fsp3) is 0.227. The second-order valence-electron chi connectivity index (χ2n) is 5.80. The van der Waals surface area contributed by atoms with E-state index in [9.17, 15) is 0 Å². The lowest BCUT2D eigenvalue weighted by molar-refractivity contribution is 0.906. The molecule has 0 saturated heterocycles. The monoisotopic (exact) mass is 318 g/mol. The fourth-order valence-corrected chi connectivity index (χ4v) is 2.88. The van der Waals surface area contributed by atoms with Crippen molar-refractivity contribution in [1.29, 1.82) is 0 Å². The smallest absolute Gasteiger partial charge is 0.0922 e. The summed E-state index contributed by atoms with van der Waals surface area (Å²) in [5, 5.41) is 0. The van der Waals surface area contributed by atoms with Gasteiger partial charge in [-0.25, -0.2) is 4.98 Å². The summed E-state index contributed by atoms with van der Waals surface area (Å²) < 4.78 is 0. The van der Waals surface area contributed by atoms with Crippen LogP contribution in [0.2, 0.25) is 0 Å². The Morgan fingerprint density at radius 3 is 2.58 bits per heavy atom. The molecule has 1 aromatic carbocycles. The lowest BCUT2D eigenvalue weighted by Gasteiger charge is -2.23. The maximum absolute atomic E-state index is 4.24. The first kappa shape index (κ1) is 17.7. The molecule has 1 N–H and O–H groups in total. The number of hydrogen-bond donors (Lipinski definition) is 1. The van der Waals surface area contributed by atoms with Gasteiger partial charge >= 0.3 is 0 Å². The summed E-state index contributed by atoms with van der Waals surface area (Å²) in [6.45, 7) is 10.5. The first-order valence-electron chi connectivity index (χ1n) is 8.41. The second kappa shape index (κ2) is 8.88. The van der Waals surface area contributed by atoms with Crippen LogP contribution in [-0.4, -0.2) is 9.97 Å². The van der Waals surface area contributed by atoms with E-state index in [2.05, 4.69) is 72.9 Å². The molecule has 0 aliphatic heterocycles. The van der Waals surface area contributed by atoms with Gasteiger partial charge in [0.05, 0.1) is 12.2 Å². The third-order valence-electron chi connectivity index (χ3n) is 3.92. The van der Waals surface area contributed by atoms with Gasteiger partial charge in [0.1, 0.15) is 0 Å². The fourth-order valence-electron chi connectivity index (χ4n) is 2.88. The predicted molar refractivity (Wildman–Crippen MR) is 103 cm³/mol. The highest BCUT2D eigenvalue weighted by molar-refractivity contribution is 5.54. The minimum atomic E-state index is 0.113. The van der Waals surface area contributed by atoms with Crippen molar-refractivity contribution in [1.82, 2.24) is 9.97 Å². The molecule has 24 heavy (non-hydrogen) atoms. The summed E-state index contributed by atoms with van der Waals surface area (Å²) in [7, 11) is 0. The van der Waals surface area contributed by atoms with E-state index in [1.165, 1.54) is 16.7 Å². The van der Waals surface area contributed by atoms with Crippen molar-refractivity contribution in [2.75, 3.05) is 0 Å². The SMILES string of the molecule is C=C(C)C(=C\C=C/C)/C(=C\CC)C(c1ccccc1)c1cnc[nH]1. The van der Waals surface area contributed by atoms with Crippen LogP contribution in [0.1, 0.15) is 44.4 Å². The normalized spacial score (nSPS) is 14.1. The Balaban J connectivity index is 2.63. The van der Waals surface area contributed by atoms with Crippen LogP contribution in [0.5, 0.6) is 0 Å². The summed E-state index contributed by atoms with van der Waals surface area (Å²) in [5.74, 6) is 0.113. The molecule has 2 nitrogen and oxygen atoms in total. The highest BCUT2D eigenvalue weighted by Crippen LogP contribution is 2.37. The molecule has 0 amide bonds. The maximum Gasteiger partial charge on any atom is 0.0922 e. The van der Waals surface area contributed by atoms with Crippen molar-refractivity contribution in [3.05, 3.63) is 102 Å². The molecule has 1 atom stereocenters. The molecule has 2 heteroatoms. The molecule has 0 aliphatic carbocycles. The van der Waals surface area contributed by atoms with Gasteiger partial charge in [-0.15, -0.1) is 0 Å². The van der Waals surface area contributed by atoms with Gasteiger partial charge < -0.3 is 4.98 Å². The largest absolute Gasteiger partial charge is 0.348 e. The molecule has 1 unspecified atom stereocenters. The molecule has 124 valence electrons. The molecule has 0 bridgehead atoms. The van der Waals surface area contributed by atoms with Gasteiger partial charge in [-0.2, -0.15) is 0 Å². The molecule has 1 heterocycles. The average molecular weight is 318 g/mol. The zero-order chi connectivity index (χ0) is 17.4. The summed E-state index contributed by atoms with van der Waals surface area (Å²) in [6, 6.07) is 10.5. The Labute approximate surface area is 145 Å². The molecule has 0 spiro atoms. The number of rotatable bonds is 7. The average Bonchev–Trinajstić information content (AvgIpc) is 3.10. The van der Waals surface area contributed by atoms with Gasteiger partial charge in [-0.3, -0.25) is 0 Å². The molecule has 2 rings (SSSR count). The van der Waals surface area contributed by atoms with Crippen LogP contribution in [0.4, 0.5) is 0 Å². The Kier molecular flexibility index (Phi) is 6.56. The van der Waals surface area contributed by atoms with E-state index in [4.69, 9.17) is 0 Å². The standard InChI is InChI=1S/C22H26N2/c1-5-7-14-19(17(3)4)20(11-6-2)22(21-15-23-16-24-21)18-12-9-8-10-13-18/h5,7-16,22H,3,6H2,1-2,4H3,(H,23,24)/b7-5-,19-14+,20-11+. The van der Waals surface area contributed by atoms with Gasteiger partial charge in [0.2, 0.25) is 0 Å². The number of allylic oxidation sites excluding steroid dienone is 7. The highest BCUT2D eigenvalue weighted by Gasteiger charge is 2.22. The number of H-pyrrole nitrogens is 1. The predicted octanol–water partition coefficient (Wildman–Crippen LogP) is 5.96. The van der Waals surface area contributed by atoms with Gasteiger partial charge in [-0.05, 0) is 37.0 Å². The van der Waals surface area contributed by atoms with Crippen LogP contribution in [0, 0.1) is 0 Å². The van der Waals surface area contributed by atoms with Gasteiger partial charge in [0.15, 0.2) is 0 Å². The van der Waals surface area contributed by atoms with E-state index >= 15 is 0 Å². The van der Waals surface area contributed by atoms with Crippen LogP contribution >= 0.6 is 0 Å². The molecule has 0 radical (unpaired) electrons. The summed E-state index contributed by atoms with van der Waals surface area (Å²) in [4.78, 5) is 7.54. The lowest BCUT2D eigenvalue weighted by atomic mass is 9.81. The first-order chi connectivity index (χ1) is 11.7. The van der Waals surface area contributed by atoms with Crippen molar-refractivity contribution >= 4 is 0 Å². The van der Waals surface area contributed by atoms with Crippen LogP contribution in [0.3, 0.4) is 0 Å². The van der Waals surface area contributed by atoms with Crippen molar-refractivity contribution in [2.45, 2.75) is 33.1 Å². The van der Waals surface area contributed by atoms with E-state index < -0.39 is 0 Å². The summed E-state index contributed by atoms with van der Waals surface area (Å²) in [6.07, 6.45) is 13.2. The van der Waals surface area contributed by atoms with Gasteiger partial charge in [-0.1, -0.05) is 73.7 Å². The first-order valence-corrected chi connectivity index (χ1v) is 8.41. The number of nitrogens with zero attached hydrogens (tertiary/aromatic N) is 1. The minimum Gasteiger partial charge on any atom is -0.348 e. The number of nitrogens with one attached hydrogen (secondary N) is 1. The zero-order valence-corrected chi connectivity index (χ0v) is 14.8. The number of hydrogen-bond acceptors (Lipinski definition) is 1.